The van der Waals surface area contributed by atoms with Gasteiger partial charge in [0.05, 0.1) is 0 Å². The fraction of sp³-hybridized carbons (Fsp3) is 0.231. The molecule has 0 nitrogen and oxygen atoms in total. The smallest absolute Gasteiger partial charge is 0.0153 e. The molecule has 0 saturated heterocycles. The molecular weight excluding hydrogens is 156 g/mol. The van der Waals surface area contributed by atoms with Gasteiger partial charge >= 0.3 is 0 Å². The molecule has 0 atom stereocenters. The van der Waals surface area contributed by atoms with Crippen LogP contribution in [0, 0.1) is 0 Å². The fourth-order valence-corrected chi connectivity index (χ4v) is 2.27. The topological polar surface area (TPSA) is 0 Å². The van der Waals surface area contributed by atoms with Gasteiger partial charge in [-0.2, -0.15) is 0 Å². The third-order valence-electron chi connectivity index (χ3n) is 3.26. The van der Waals surface area contributed by atoms with E-state index in [1.54, 1.807) is 0 Å². The largest absolute Gasteiger partial charge is 0.0616 e. The van der Waals surface area contributed by atoms with Crippen molar-refractivity contribution in [3.05, 3.63) is 47.5 Å². The predicted octanol–water partition coefficient (Wildman–Crippen LogP) is 3.48. The van der Waals surface area contributed by atoms with Gasteiger partial charge in [0, 0.05) is 5.41 Å². The third kappa shape index (κ3) is 0.713. The van der Waals surface area contributed by atoms with E-state index in [2.05, 4.69) is 50.2 Å². The molecule has 0 aromatic heterocycles. The van der Waals surface area contributed by atoms with Crippen LogP contribution in [0.1, 0.15) is 25.0 Å². The number of hydrogen-bond acceptors (Lipinski definition) is 0. The Labute approximate surface area is 78.2 Å². The SMILES string of the molecule is CC1(C)c2cc1c1ccccc1c2. The summed E-state index contributed by atoms with van der Waals surface area (Å²) in [6.45, 7) is 4.59. The highest BCUT2D eigenvalue weighted by molar-refractivity contribution is 5.91. The van der Waals surface area contributed by atoms with Crippen molar-refractivity contribution in [1.29, 1.82) is 0 Å². The first-order valence-electron chi connectivity index (χ1n) is 4.73. The molecule has 0 spiro atoms. The predicted molar refractivity (Wildman–Crippen MR) is 56.1 cm³/mol. The van der Waals surface area contributed by atoms with Crippen LogP contribution >= 0.6 is 0 Å². The van der Waals surface area contributed by atoms with Crippen molar-refractivity contribution in [2.75, 3.05) is 0 Å². The Morgan fingerprint density at radius 2 is 1.77 bits per heavy atom. The Hall–Kier alpha value is -1.30. The maximum Gasteiger partial charge on any atom is 0.0153 e. The van der Waals surface area contributed by atoms with Gasteiger partial charge in [-0.25, -0.2) is 0 Å². The third-order valence-corrected chi connectivity index (χ3v) is 3.26. The van der Waals surface area contributed by atoms with E-state index in [-0.39, 0.29) is 0 Å². The highest BCUT2D eigenvalue weighted by Gasteiger charge is 2.33. The Morgan fingerprint density at radius 1 is 1.00 bits per heavy atom. The average Bonchev–Trinajstić information content (AvgIpc) is 2.16. The summed E-state index contributed by atoms with van der Waals surface area (Å²) in [6.07, 6.45) is 0. The van der Waals surface area contributed by atoms with Crippen molar-refractivity contribution in [3.63, 3.8) is 0 Å². The molecule has 2 aliphatic carbocycles. The van der Waals surface area contributed by atoms with Gasteiger partial charge in [-0.3, -0.25) is 0 Å². The summed E-state index contributed by atoms with van der Waals surface area (Å²) in [5.74, 6) is 0. The van der Waals surface area contributed by atoms with Gasteiger partial charge in [-0.15, -0.1) is 0 Å². The van der Waals surface area contributed by atoms with Gasteiger partial charge in [-0.05, 0) is 21.9 Å². The summed E-state index contributed by atoms with van der Waals surface area (Å²) in [4.78, 5) is 0. The van der Waals surface area contributed by atoms with Crippen molar-refractivity contribution in [2.45, 2.75) is 19.3 Å². The molecule has 0 N–H and O–H groups in total. The molecule has 0 heteroatoms. The minimum absolute atomic E-state index is 0.300. The van der Waals surface area contributed by atoms with Crippen LogP contribution in [-0.4, -0.2) is 0 Å². The summed E-state index contributed by atoms with van der Waals surface area (Å²) in [7, 11) is 0. The molecule has 0 amide bonds. The molecule has 0 aliphatic heterocycles. The molecule has 2 aliphatic rings. The van der Waals surface area contributed by atoms with Crippen LogP contribution < -0.4 is 0 Å². The molecule has 4 rings (SSSR count). The Balaban J connectivity index is 2.47. The van der Waals surface area contributed by atoms with Gasteiger partial charge in [0.15, 0.2) is 0 Å². The zero-order valence-corrected chi connectivity index (χ0v) is 7.96. The Kier molecular flexibility index (Phi) is 1.07. The lowest BCUT2D eigenvalue weighted by Crippen LogP contribution is -2.27. The zero-order valence-electron chi connectivity index (χ0n) is 7.96. The van der Waals surface area contributed by atoms with Crippen LogP contribution in [-0.2, 0) is 5.41 Å². The first-order valence-corrected chi connectivity index (χ1v) is 4.73. The van der Waals surface area contributed by atoms with Gasteiger partial charge < -0.3 is 0 Å². The molecule has 2 aromatic carbocycles. The van der Waals surface area contributed by atoms with Crippen molar-refractivity contribution in [1.82, 2.24) is 0 Å². The van der Waals surface area contributed by atoms with Gasteiger partial charge in [0.2, 0.25) is 0 Å². The van der Waals surface area contributed by atoms with Crippen molar-refractivity contribution in [2.24, 2.45) is 0 Å². The van der Waals surface area contributed by atoms with Crippen molar-refractivity contribution in [3.8, 4) is 0 Å². The summed E-state index contributed by atoms with van der Waals surface area (Å²) in [5.41, 5.74) is 3.27. The zero-order chi connectivity index (χ0) is 9.05. The molecule has 0 heterocycles. The molecular formula is C13H12. The molecule has 0 fully saturated rings. The second-order valence-corrected chi connectivity index (χ2v) is 4.37. The van der Waals surface area contributed by atoms with E-state index in [1.807, 2.05) is 0 Å². The molecule has 2 aromatic rings. The molecule has 0 radical (unpaired) electrons. The van der Waals surface area contributed by atoms with Crippen LogP contribution in [0.15, 0.2) is 36.4 Å². The minimum Gasteiger partial charge on any atom is -0.0616 e. The Morgan fingerprint density at radius 3 is 2.54 bits per heavy atom. The molecule has 0 saturated carbocycles. The van der Waals surface area contributed by atoms with Crippen LogP contribution in [0.4, 0.5) is 0 Å². The minimum atomic E-state index is 0.300. The lowest BCUT2D eigenvalue weighted by Gasteiger charge is -2.37. The lowest BCUT2D eigenvalue weighted by molar-refractivity contribution is 0.604. The van der Waals surface area contributed by atoms with Crippen LogP contribution in [0.2, 0.25) is 0 Å². The fourth-order valence-electron chi connectivity index (χ4n) is 2.27. The highest BCUT2D eigenvalue weighted by Crippen LogP contribution is 2.45. The van der Waals surface area contributed by atoms with Crippen LogP contribution in [0.5, 0.6) is 0 Å². The highest BCUT2D eigenvalue weighted by atomic mass is 14.4. The Bertz CT molecular complexity index is 492. The van der Waals surface area contributed by atoms with Crippen LogP contribution in [0.25, 0.3) is 10.8 Å². The standard InChI is InChI=1S/C13H12/c1-13(2)10-7-9-5-3-4-6-11(9)12(13)8-10/h3-8H,1-2H3. The molecule has 0 unspecified atom stereocenters. The maximum absolute atomic E-state index is 2.31. The average molecular weight is 168 g/mol. The first-order chi connectivity index (χ1) is 6.19. The van der Waals surface area contributed by atoms with E-state index in [0.29, 0.717) is 5.41 Å². The van der Waals surface area contributed by atoms with E-state index in [0.717, 1.165) is 0 Å². The first kappa shape index (κ1) is 7.14. The summed E-state index contributed by atoms with van der Waals surface area (Å²) in [5, 5.41) is 2.80. The number of rotatable bonds is 0. The van der Waals surface area contributed by atoms with E-state index >= 15 is 0 Å². The molecule has 2 bridgehead atoms. The van der Waals surface area contributed by atoms with Gasteiger partial charge in [-0.1, -0.05) is 50.2 Å². The van der Waals surface area contributed by atoms with Gasteiger partial charge in [0.1, 0.15) is 0 Å². The maximum atomic E-state index is 2.31. The van der Waals surface area contributed by atoms with E-state index in [4.69, 9.17) is 0 Å². The lowest BCUT2D eigenvalue weighted by atomic mass is 9.66. The monoisotopic (exact) mass is 168 g/mol. The van der Waals surface area contributed by atoms with Crippen molar-refractivity contribution < 1.29 is 0 Å². The van der Waals surface area contributed by atoms with E-state index < -0.39 is 0 Å². The second-order valence-electron chi connectivity index (χ2n) is 4.37. The van der Waals surface area contributed by atoms with E-state index in [1.165, 1.54) is 21.9 Å². The van der Waals surface area contributed by atoms with E-state index in [9.17, 15) is 0 Å². The molecule has 64 valence electrons. The second kappa shape index (κ2) is 1.95. The summed E-state index contributed by atoms with van der Waals surface area (Å²) in [6, 6.07) is 13.2. The normalized spacial score (nSPS) is 17.1. The summed E-state index contributed by atoms with van der Waals surface area (Å²) >= 11 is 0. The quantitative estimate of drug-likeness (QED) is 0.565. The number of hydrogen-bond donors (Lipinski definition) is 0. The summed E-state index contributed by atoms with van der Waals surface area (Å²) < 4.78 is 0. The molecule has 13 heavy (non-hydrogen) atoms. The van der Waals surface area contributed by atoms with Crippen molar-refractivity contribution >= 4 is 10.8 Å². The van der Waals surface area contributed by atoms with Gasteiger partial charge in [0.25, 0.3) is 0 Å². The van der Waals surface area contributed by atoms with Crippen LogP contribution in [0.3, 0.4) is 0 Å². The number of benzene rings is 2.